The van der Waals surface area contributed by atoms with E-state index >= 15 is 0 Å². The second kappa shape index (κ2) is 5.43. The molecule has 0 unspecified atom stereocenters. The molecular weight excluding hydrogens is 347 g/mol. The summed E-state index contributed by atoms with van der Waals surface area (Å²) >= 11 is 1.13. The molecule has 0 bridgehead atoms. The van der Waals surface area contributed by atoms with E-state index in [4.69, 9.17) is 0 Å². The van der Waals surface area contributed by atoms with Gasteiger partial charge in [0.15, 0.2) is 10.9 Å². The zero-order valence-corrected chi connectivity index (χ0v) is 12.7. The van der Waals surface area contributed by atoms with Gasteiger partial charge in [0.1, 0.15) is 5.65 Å². The summed E-state index contributed by atoms with van der Waals surface area (Å²) < 4.78 is 63.7. The number of aromatic amines is 1. The zero-order chi connectivity index (χ0) is 16.7. The lowest BCUT2D eigenvalue weighted by Crippen LogP contribution is -2.29. The minimum absolute atomic E-state index is 0.123. The molecule has 0 aromatic carbocycles. The van der Waals surface area contributed by atoms with Crippen molar-refractivity contribution in [3.8, 4) is 5.75 Å². The number of halogens is 3. The van der Waals surface area contributed by atoms with E-state index in [1.807, 2.05) is 0 Å². The Hall–Kier alpha value is -1.82. The number of nitrogens with one attached hydrogen (secondary N) is 1. The molecule has 0 atom stereocenters. The fourth-order valence-corrected chi connectivity index (χ4v) is 2.37. The van der Waals surface area contributed by atoms with Crippen LogP contribution in [0.4, 0.5) is 13.2 Å². The number of nitrogens with zero attached hydrogens (tertiary/aromatic N) is 2. The first kappa shape index (κ1) is 16.5. The Labute approximate surface area is 126 Å². The van der Waals surface area contributed by atoms with Crippen molar-refractivity contribution < 1.29 is 25.8 Å². The van der Waals surface area contributed by atoms with Crippen LogP contribution in [0.1, 0.15) is 5.56 Å². The van der Waals surface area contributed by atoms with Gasteiger partial charge in [0.05, 0.1) is 10.9 Å². The van der Waals surface area contributed by atoms with Crippen LogP contribution in [0.2, 0.25) is 0 Å². The Bertz CT molecular complexity index is 893. The van der Waals surface area contributed by atoms with E-state index in [0.717, 1.165) is 24.9 Å². The monoisotopic (exact) mass is 355 g/mol. The highest BCUT2D eigenvalue weighted by molar-refractivity contribution is 7.98. The van der Waals surface area contributed by atoms with Crippen molar-refractivity contribution in [2.45, 2.75) is 17.6 Å². The molecule has 0 spiro atoms. The summed E-state index contributed by atoms with van der Waals surface area (Å²) in [5.74, 6) is -0.747. The van der Waals surface area contributed by atoms with Gasteiger partial charge < -0.3 is 9.17 Å². The van der Waals surface area contributed by atoms with Crippen molar-refractivity contribution in [2.24, 2.45) is 0 Å². The largest absolute Gasteiger partial charge is 0.534 e. The van der Waals surface area contributed by atoms with Gasteiger partial charge in [-0.3, -0.25) is 4.79 Å². The molecule has 7 nitrogen and oxygen atoms in total. The van der Waals surface area contributed by atoms with Crippen LogP contribution < -0.4 is 9.74 Å². The van der Waals surface area contributed by atoms with E-state index in [1.54, 1.807) is 6.26 Å². The molecule has 2 aromatic rings. The van der Waals surface area contributed by atoms with Gasteiger partial charge in [-0.1, -0.05) is 11.8 Å². The Morgan fingerprint density at radius 1 is 1.36 bits per heavy atom. The van der Waals surface area contributed by atoms with E-state index in [1.165, 1.54) is 0 Å². The summed E-state index contributed by atoms with van der Waals surface area (Å²) in [5, 5.41) is 0.0966. The van der Waals surface area contributed by atoms with Gasteiger partial charge >= 0.3 is 15.6 Å². The minimum atomic E-state index is -5.91. The highest BCUT2D eigenvalue weighted by atomic mass is 32.2. The Morgan fingerprint density at radius 3 is 2.55 bits per heavy atom. The number of alkyl halides is 3. The molecule has 0 saturated heterocycles. The average Bonchev–Trinajstić information content (AvgIpc) is 2.41. The number of aromatic nitrogens is 3. The maximum absolute atomic E-state index is 12.4. The second-order valence-corrected chi connectivity index (χ2v) is 6.32. The first-order valence-corrected chi connectivity index (χ1v) is 8.14. The summed E-state index contributed by atoms with van der Waals surface area (Å²) in [6.45, 7) is 1.13. The van der Waals surface area contributed by atoms with Crippen molar-refractivity contribution >= 4 is 32.9 Å². The fourth-order valence-electron chi connectivity index (χ4n) is 1.50. The standard InChI is InChI=1S/C10H8F3N3O4S2/c1-4-6(20-22(18,19)10(11,12)13)5-3-14-9(21-2)16-7(5)15-8(4)17/h3H,1-2H3,(H,14,15,16,17). The van der Waals surface area contributed by atoms with Gasteiger partial charge in [-0.25, -0.2) is 9.97 Å². The molecule has 0 amide bonds. The van der Waals surface area contributed by atoms with Crippen molar-refractivity contribution in [1.82, 2.24) is 15.0 Å². The maximum atomic E-state index is 12.4. The Morgan fingerprint density at radius 2 is 2.00 bits per heavy atom. The number of rotatable bonds is 3. The van der Waals surface area contributed by atoms with Gasteiger partial charge in [0.2, 0.25) is 0 Å². The quantitative estimate of drug-likeness (QED) is 0.386. The van der Waals surface area contributed by atoms with Gasteiger partial charge in [0.25, 0.3) is 5.56 Å². The molecule has 0 aliphatic carbocycles. The maximum Gasteiger partial charge on any atom is 0.534 e. The summed E-state index contributed by atoms with van der Waals surface area (Å²) in [4.78, 5) is 21.7. The molecule has 0 saturated carbocycles. The van der Waals surface area contributed by atoms with Crippen LogP contribution >= 0.6 is 11.8 Å². The highest BCUT2D eigenvalue weighted by Gasteiger charge is 2.49. The van der Waals surface area contributed by atoms with Crippen LogP contribution in [0.5, 0.6) is 5.75 Å². The SMILES string of the molecule is CSc1ncc2c(OS(=O)(=O)C(F)(F)F)c(C)c(=O)[nH]c2n1. The third-order valence-electron chi connectivity index (χ3n) is 2.58. The van der Waals surface area contributed by atoms with E-state index in [-0.39, 0.29) is 21.8 Å². The molecule has 0 aliphatic rings. The molecule has 0 fully saturated rings. The fraction of sp³-hybridized carbons (Fsp3) is 0.300. The normalized spacial score (nSPS) is 12.6. The first-order valence-electron chi connectivity index (χ1n) is 5.51. The first-order chi connectivity index (χ1) is 10.1. The number of hydrogen-bond donors (Lipinski definition) is 1. The third kappa shape index (κ3) is 2.88. The average molecular weight is 355 g/mol. The molecule has 2 aromatic heterocycles. The molecule has 120 valence electrons. The van der Waals surface area contributed by atoms with Crippen molar-refractivity contribution in [3.05, 3.63) is 22.1 Å². The molecule has 0 radical (unpaired) electrons. The van der Waals surface area contributed by atoms with Crippen LogP contribution in [0.3, 0.4) is 0 Å². The lowest BCUT2D eigenvalue weighted by Gasteiger charge is -2.12. The predicted octanol–water partition coefficient (Wildman–Crippen LogP) is 1.58. The third-order valence-corrected chi connectivity index (χ3v) is 4.10. The topological polar surface area (TPSA) is 102 Å². The molecular formula is C10H8F3N3O4S2. The number of thioether (sulfide) groups is 1. The second-order valence-electron chi connectivity index (χ2n) is 4.01. The van der Waals surface area contributed by atoms with Crippen LogP contribution in [0, 0.1) is 6.92 Å². The summed E-state index contributed by atoms with van der Waals surface area (Å²) in [6.07, 6.45) is 2.73. The molecule has 0 aliphatic heterocycles. The van der Waals surface area contributed by atoms with Crippen LogP contribution in [-0.4, -0.2) is 35.1 Å². The van der Waals surface area contributed by atoms with E-state index in [9.17, 15) is 26.4 Å². The number of hydrogen-bond acceptors (Lipinski definition) is 7. The van der Waals surface area contributed by atoms with Crippen LogP contribution in [-0.2, 0) is 10.1 Å². The molecule has 1 N–H and O–H groups in total. The van der Waals surface area contributed by atoms with Crippen molar-refractivity contribution in [3.63, 3.8) is 0 Å². The van der Waals surface area contributed by atoms with E-state index in [0.29, 0.717) is 0 Å². The number of pyridine rings is 1. The number of fused-ring (bicyclic) bond motifs is 1. The van der Waals surface area contributed by atoms with Crippen LogP contribution in [0.25, 0.3) is 11.0 Å². The molecule has 2 rings (SSSR count). The Kier molecular flexibility index (Phi) is 4.08. The van der Waals surface area contributed by atoms with E-state index < -0.39 is 26.9 Å². The predicted molar refractivity (Wildman–Crippen MR) is 72.3 cm³/mol. The summed E-state index contributed by atoms with van der Waals surface area (Å²) in [7, 11) is -5.91. The van der Waals surface area contributed by atoms with E-state index in [2.05, 4.69) is 19.1 Å². The molecule has 22 heavy (non-hydrogen) atoms. The van der Waals surface area contributed by atoms with Gasteiger partial charge in [0, 0.05) is 6.20 Å². The van der Waals surface area contributed by atoms with Crippen molar-refractivity contribution in [2.75, 3.05) is 6.26 Å². The summed E-state index contributed by atoms with van der Waals surface area (Å²) in [6, 6.07) is 0. The smallest absolute Gasteiger partial charge is 0.375 e. The van der Waals surface area contributed by atoms with Gasteiger partial charge in [-0.2, -0.15) is 21.6 Å². The Balaban J connectivity index is 2.73. The minimum Gasteiger partial charge on any atom is -0.375 e. The summed E-state index contributed by atoms with van der Waals surface area (Å²) in [5.41, 5.74) is -6.89. The van der Waals surface area contributed by atoms with Crippen LogP contribution in [0.15, 0.2) is 16.1 Å². The lowest BCUT2D eigenvalue weighted by atomic mass is 10.2. The molecule has 12 heteroatoms. The van der Waals surface area contributed by atoms with Crippen molar-refractivity contribution in [1.29, 1.82) is 0 Å². The zero-order valence-electron chi connectivity index (χ0n) is 11.1. The van der Waals surface area contributed by atoms with Gasteiger partial charge in [-0.05, 0) is 13.2 Å². The lowest BCUT2D eigenvalue weighted by molar-refractivity contribution is -0.0499. The number of H-pyrrole nitrogens is 1. The van der Waals surface area contributed by atoms with Gasteiger partial charge in [-0.15, -0.1) is 0 Å². The molecule has 2 heterocycles. The highest BCUT2D eigenvalue weighted by Crippen LogP contribution is 2.31.